The van der Waals surface area contributed by atoms with Gasteiger partial charge in [0, 0.05) is 0 Å². The largest absolute Gasteiger partial charge is 0.462 e. The van der Waals surface area contributed by atoms with E-state index >= 15 is 0 Å². The summed E-state index contributed by atoms with van der Waals surface area (Å²) in [5, 5.41) is 9.12. The number of hydrogen-bond donors (Lipinski definition) is 1. The van der Waals surface area contributed by atoms with Crippen molar-refractivity contribution < 1.29 is 27.8 Å². The molecule has 0 aliphatic heterocycles. The molecule has 2 atom stereocenters. The van der Waals surface area contributed by atoms with Gasteiger partial charge in [0.2, 0.25) is 0 Å². The molecule has 1 aliphatic carbocycles. The average Bonchev–Trinajstić information content (AvgIpc) is 2.29. The highest BCUT2D eigenvalue weighted by Gasteiger charge is 2.46. The van der Waals surface area contributed by atoms with Crippen LogP contribution in [0.2, 0.25) is 0 Å². The lowest BCUT2D eigenvalue weighted by Crippen LogP contribution is -2.41. The number of hydrogen-bond acceptors (Lipinski definition) is 3. The number of aliphatic hydroxyl groups is 1. The summed E-state index contributed by atoms with van der Waals surface area (Å²) < 4.78 is 42.2. The van der Waals surface area contributed by atoms with Crippen LogP contribution in [-0.2, 0) is 9.53 Å². The predicted molar refractivity (Wildman–Crippen MR) is 58.8 cm³/mol. The normalized spacial score (nSPS) is 21.4. The Kier molecular flexibility index (Phi) is 5.44. The van der Waals surface area contributed by atoms with Crippen molar-refractivity contribution in [2.45, 2.75) is 63.8 Å². The Morgan fingerprint density at radius 1 is 1.33 bits per heavy atom. The van der Waals surface area contributed by atoms with E-state index < -0.39 is 24.2 Å². The summed E-state index contributed by atoms with van der Waals surface area (Å²) in [4.78, 5) is 11.6. The zero-order valence-corrected chi connectivity index (χ0v) is 10.4. The lowest BCUT2D eigenvalue weighted by molar-refractivity contribution is -0.225. The number of ether oxygens (including phenoxy) is 1. The second-order valence-electron chi connectivity index (χ2n) is 4.70. The van der Waals surface area contributed by atoms with E-state index in [2.05, 4.69) is 0 Å². The van der Waals surface area contributed by atoms with Gasteiger partial charge in [0.15, 0.2) is 6.10 Å². The molecule has 3 nitrogen and oxygen atoms in total. The Morgan fingerprint density at radius 3 is 2.33 bits per heavy atom. The van der Waals surface area contributed by atoms with Crippen molar-refractivity contribution in [1.29, 1.82) is 0 Å². The van der Waals surface area contributed by atoms with Crippen molar-refractivity contribution in [2.75, 3.05) is 0 Å². The maximum absolute atomic E-state index is 12.4. The highest BCUT2D eigenvalue weighted by Crippen LogP contribution is 2.29. The van der Waals surface area contributed by atoms with Crippen LogP contribution in [0.1, 0.15) is 45.4 Å². The van der Waals surface area contributed by atoms with E-state index in [-0.39, 0.29) is 12.5 Å². The molecule has 18 heavy (non-hydrogen) atoms. The Bertz CT molecular complexity index is 272. The molecule has 0 spiro atoms. The van der Waals surface area contributed by atoms with E-state index in [4.69, 9.17) is 9.84 Å². The van der Waals surface area contributed by atoms with Gasteiger partial charge in [-0.05, 0) is 32.1 Å². The Balaban J connectivity index is 2.56. The third-order valence-electron chi connectivity index (χ3n) is 3.29. The lowest BCUT2D eigenvalue weighted by Gasteiger charge is -2.27. The first-order valence-corrected chi connectivity index (χ1v) is 6.31. The second-order valence-corrected chi connectivity index (χ2v) is 4.70. The zero-order chi connectivity index (χ0) is 13.8. The topological polar surface area (TPSA) is 46.5 Å². The van der Waals surface area contributed by atoms with Crippen molar-refractivity contribution >= 4 is 5.97 Å². The van der Waals surface area contributed by atoms with E-state index in [9.17, 15) is 18.0 Å². The molecule has 0 saturated heterocycles. The molecule has 1 rings (SSSR count). The molecule has 0 aromatic carbocycles. The van der Waals surface area contributed by atoms with Crippen LogP contribution >= 0.6 is 0 Å². The summed E-state index contributed by atoms with van der Waals surface area (Å²) in [6, 6.07) is 0. The van der Waals surface area contributed by atoms with Crippen LogP contribution in [0.3, 0.4) is 0 Å². The Labute approximate surface area is 104 Å². The molecule has 1 aliphatic rings. The first-order valence-electron chi connectivity index (χ1n) is 6.31. The maximum Gasteiger partial charge on any atom is 0.415 e. The predicted octanol–water partition coefficient (Wildman–Crippen LogP) is 2.81. The monoisotopic (exact) mass is 268 g/mol. The number of esters is 1. The third-order valence-corrected chi connectivity index (χ3v) is 3.29. The van der Waals surface area contributed by atoms with Gasteiger partial charge in [0.05, 0.1) is 5.92 Å². The van der Waals surface area contributed by atoms with Gasteiger partial charge in [-0.1, -0.05) is 13.3 Å². The van der Waals surface area contributed by atoms with Crippen LogP contribution in [0.15, 0.2) is 0 Å². The van der Waals surface area contributed by atoms with Crippen molar-refractivity contribution in [3.05, 3.63) is 0 Å². The molecule has 0 radical (unpaired) electrons. The van der Waals surface area contributed by atoms with E-state index in [1.54, 1.807) is 0 Å². The first kappa shape index (κ1) is 15.3. The molecular formula is C12H19F3O3. The van der Waals surface area contributed by atoms with Gasteiger partial charge >= 0.3 is 12.1 Å². The van der Waals surface area contributed by atoms with Crippen molar-refractivity contribution in [3.63, 3.8) is 0 Å². The fourth-order valence-corrected chi connectivity index (χ4v) is 2.18. The molecule has 1 unspecified atom stereocenters. The molecular weight excluding hydrogens is 249 g/mol. The molecule has 0 bridgehead atoms. The van der Waals surface area contributed by atoms with E-state index in [0.29, 0.717) is 12.8 Å². The Hall–Kier alpha value is -0.780. The Morgan fingerprint density at radius 2 is 1.89 bits per heavy atom. The van der Waals surface area contributed by atoms with Gasteiger partial charge in [-0.3, -0.25) is 4.79 Å². The highest BCUT2D eigenvalue weighted by atomic mass is 19.4. The molecule has 1 saturated carbocycles. The minimum atomic E-state index is -4.79. The summed E-state index contributed by atoms with van der Waals surface area (Å²) in [6.45, 7) is 1.43. The van der Waals surface area contributed by atoms with Crippen molar-refractivity contribution in [1.82, 2.24) is 0 Å². The molecule has 0 aromatic heterocycles. The maximum atomic E-state index is 12.4. The van der Waals surface area contributed by atoms with Gasteiger partial charge in [-0.15, -0.1) is 0 Å². The molecule has 1 N–H and O–H groups in total. The van der Waals surface area contributed by atoms with Gasteiger partial charge < -0.3 is 9.84 Å². The summed E-state index contributed by atoms with van der Waals surface area (Å²) in [5.41, 5.74) is 0. The van der Waals surface area contributed by atoms with Crippen LogP contribution < -0.4 is 0 Å². The van der Waals surface area contributed by atoms with Crippen LogP contribution in [0.4, 0.5) is 13.2 Å². The molecule has 0 heterocycles. The number of alkyl halides is 3. The lowest BCUT2D eigenvalue weighted by atomic mass is 9.96. The van der Waals surface area contributed by atoms with Gasteiger partial charge in [0.25, 0.3) is 0 Å². The van der Waals surface area contributed by atoms with Gasteiger partial charge in [-0.2, -0.15) is 13.2 Å². The minimum absolute atomic E-state index is 0.0910. The smallest absolute Gasteiger partial charge is 0.415 e. The van der Waals surface area contributed by atoms with Crippen LogP contribution in [0.5, 0.6) is 0 Å². The number of halogens is 3. The summed E-state index contributed by atoms with van der Waals surface area (Å²) >= 11 is 0. The molecule has 1 fully saturated rings. The van der Waals surface area contributed by atoms with E-state index in [1.807, 2.05) is 0 Å². The first-order chi connectivity index (χ1) is 8.36. The standard InChI is InChI=1S/C12H19F3O3/c1-2-9(10(16)12(13,14)15)11(17)18-8-6-4-3-5-7-8/h8-10,16H,2-7H2,1H3/t9?,10-/m1/s1. The number of rotatable bonds is 4. The molecule has 106 valence electrons. The quantitative estimate of drug-likeness (QED) is 0.797. The molecule has 0 aromatic rings. The molecule has 0 amide bonds. The number of carbonyl (C=O) groups excluding carboxylic acids is 1. The zero-order valence-electron chi connectivity index (χ0n) is 10.4. The fourth-order valence-electron chi connectivity index (χ4n) is 2.18. The van der Waals surface area contributed by atoms with Crippen LogP contribution in [0, 0.1) is 5.92 Å². The fraction of sp³-hybridized carbons (Fsp3) is 0.917. The SMILES string of the molecule is CCC(C(=O)OC1CCCCC1)[C@@H](O)C(F)(F)F. The number of aliphatic hydroxyl groups excluding tert-OH is 1. The average molecular weight is 268 g/mol. The van der Waals surface area contributed by atoms with Crippen molar-refractivity contribution in [2.24, 2.45) is 5.92 Å². The second kappa shape index (κ2) is 6.41. The van der Waals surface area contributed by atoms with Gasteiger partial charge in [-0.25, -0.2) is 0 Å². The van der Waals surface area contributed by atoms with E-state index in [0.717, 1.165) is 19.3 Å². The summed E-state index contributed by atoms with van der Waals surface area (Å²) in [6.07, 6.45) is -3.49. The summed E-state index contributed by atoms with van der Waals surface area (Å²) in [7, 11) is 0. The highest BCUT2D eigenvalue weighted by molar-refractivity contribution is 5.73. The number of carbonyl (C=O) groups is 1. The molecule has 6 heteroatoms. The van der Waals surface area contributed by atoms with Gasteiger partial charge in [0.1, 0.15) is 6.10 Å². The van der Waals surface area contributed by atoms with Crippen LogP contribution in [0.25, 0.3) is 0 Å². The van der Waals surface area contributed by atoms with Crippen LogP contribution in [-0.4, -0.2) is 29.5 Å². The van der Waals surface area contributed by atoms with E-state index in [1.165, 1.54) is 6.92 Å². The van der Waals surface area contributed by atoms with Crippen molar-refractivity contribution in [3.8, 4) is 0 Å². The minimum Gasteiger partial charge on any atom is -0.462 e. The third kappa shape index (κ3) is 4.15. The summed E-state index contributed by atoms with van der Waals surface area (Å²) in [5.74, 6) is -2.46.